The molecule has 2 heterocycles. The molecular weight excluding hydrogens is 327 g/mol. The van der Waals surface area contributed by atoms with Crippen LogP contribution >= 0.6 is 0 Å². The Morgan fingerprint density at radius 1 is 1.32 bits per heavy atom. The third kappa shape index (κ3) is 2.79. The van der Waals surface area contributed by atoms with E-state index >= 15 is 0 Å². The lowest BCUT2D eigenvalue weighted by atomic mass is 10.0. The summed E-state index contributed by atoms with van der Waals surface area (Å²) in [6.07, 6.45) is 1.32. The Labute approximate surface area is 142 Å². The molecule has 0 bridgehead atoms. The SMILES string of the molecule is Cc1nnc(CNC(=O)C2(c3cc(-c4ccccc4F)on3)CC2)o1. The average Bonchev–Trinajstić information content (AvgIpc) is 3.08. The summed E-state index contributed by atoms with van der Waals surface area (Å²) in [4.78, 5) is 12.6. The summed E-state index contributed by atoms with van der Waals surface area (Å²) < 4.78 is 24.4. The zero-order chi connectivity index (χ0) is 17.4. The van der Waals surface area contributed by atoms with E-state index in [1.807, 2.05) is 0 Å². The summed E-state index contributed by atoms with van der Waals surface area (Å²) in [5.74, 6) is 0.507. The van der Waals surface area contributed by atoms with Gasteiger partial charge in [-0.1, -0.05) is 17.3 Å². The lowest BCUT2D eigenvalue weighted by Gasteiger charge is -2.10. The molecule has 1 N–H and O–H groups in total. The Morgan fingerprint density at radius 3 is 2.80 bits per heavy atom. The summed E-state index contributed by atoms with van der Waals surface area (Å²) in [5.41, 5.74) is 0.0889. The lowest BCUT2D eigenvalue weighted by molar-refractivity contribution is -0.124. The highest BCUT2D eigenvalue weighted by Crippen LogP contribution is 2.48. The van der Waals surface area contributed by atoms with Crippen molar-refractivity contribution in [1.82, 2.24) is 20.7 Å². The van der Waals surface area contributed by atoms with Crippen molar-refractivity contribution in [2.75, 3.05) is 0 Å². The van der Waals surface area contributed by atoms with E-state index in [4.69, 9.17) is 8.94 Å². The van der Waals surface area contributed by atoms with Crippen molar-refractivity contribution in [3.63, 3.8) is 0 Å². The van der Waals surface area contributed by atoms with Gasteiger partial charge in [0.25, 0.3) is 0 Å². The summed E-state index contributed by atoms with van der Waals surface area (Å²) in [5, 5.41) is 14.3. The third-order valence-electron chi connectivity index (χ3n) is 4.29. The van der Waals surface area contributed by atoms with Gasteiger partial charge in [-0.15, -0.1) is 10.2 Å². The van der Waals surface area contributed by atoms with Crippen LogP contribution in [0.1, 0.15) is 30.3 Å². The molecule has 4 rings (SSSR count). The fourth-order valence-electron chi connectivity index (χ4n) is 2.75. The summed E-state index contributed by atoms with van der Waals surface area (Å²) in [6.45, 7) is 1.83. The van der Waals surface area contributed by atoms with Gasteiger partial charge < -0.3 is 14.3 Å². The number of rotatable bonds is 5. The predicted octanol–water partition coefficient (Wildman–Crippen LogP) is 2.52. The molecule has 8 heteroatoms. The largest absolute Gasteiger partial charge is 0.424 e. The van der Waals surface area contributed by atoms with Gasteiger partial charge in [0.1, 0.15) is 5.82 Å². The van der Waals surface area contributed by atoms with Crippen LogP contribution < -0.4 is 5.32 Å². The lowest BCUT2D eigenvalue weighted by Crippen LogP contribution is -2.34. The van der Waals surface area contributed by atoms with Gasteiger partial charge in [-0.2, -0.15) is 0 Å². The first-order chi connectivity index (χ1) is 12.1. The fourth-order valence-corrected chi connectivity index (χ4v) is 2.75. The maximum absolute atomic E-state index is 13.9. The minimum absolute atomic E-state index is 0.152. The van der Waals surface area contributed by atoms with Crippen LogP contribution in [-0.4, -0.2) is 21.3 Å². The van der Waals surface area contributed by atoms with Crippen molar-refractivity contribution in [3.8, 4) is 11.3 Å². The highest BCUT2D eigenvalue weighted by Gasteiger charge is 2.53. The van der Waals surface area contributed by atoms with Gasteiger partial charge in [-0.3, -0.25) is 4.79 Å². The number of amides is 1. The molecule has 1 aliphatic rings. The number of benzene rings is 1. The quantitative estimate of drug-likeness (QED) is 0.766. The van der Waals surface area contributed by atoms with Crippen LogP contribution in [0.3, 0.4) is 0 Å². The molecule has 0 radical (unpaired) electrons. The second-order valence-electron chi connectivity index (χ2n) is 6.04. The van der Waals surface area contributed by atoms with E-state index in [9.17, 15) is 9.18 Å². The number of nitrogens with one attached hydrogen (secondary N) is 1. The first kappa shape index (κ1) is 15.5. The van der Waals surface area contributed by atoms with Crippen LogP contribution in [0.25, 0.3) is 11.3 Å². The normalized spacial score (nSPS) is 15.1. The van der Waals surface area contributed by atoms with E-state index in [1.165, 1.54) is 6.07 Å². The monoisotopic (exact) mass is 342 g/mol. The molecule has 0 unspecified atom stereocenters. The predicted molar refractivity (Wildman–Crippen MR) is 83.7 cm³/mol. The molecule has 0 spiro atoms. The summed E-state index contributed by atoms with van der Waals surface area (Å²) >= 11 is 0. The van der Waals surface area contributed by atoms with Crippen molar-refractivity contribution in [2.24, 2.45) is 0 Å². The molecule has 25 heavy (non-hydrogen) atoms. The number of carbonyl (C=O) groups excluding carboxylic acids is 1. The van der Waals surface area contributed by atoms with E-state index in [0.717, 1.165) is 0 Å². The Kier molecular flexibility index (Phi) is 3.60. The molecule has 1 aliphatic carbocycles. The zero-order valence-corrected chi connectivity index (χ0v) is 13.5. The van der Waals surface area contributed by atoms with Gasteiger partial charge in [0.05, 0.1) is 23.2 Å². The highest BCUT2D eigenvalue weighted by atomic mass is 19.1. The van der Waals surface area contributed by atoms with Crippen LogP contribution in [0.4, 0.5) is 4.39 Å². The highest BCUT2D eigenvalue weighted by molar-refractivity contribution is 5.90. The van der Waals surface area contributed by atoms with Crippen molar-refractivity contribution < 1.29 is 18.1 Å². The van der Waals surface area contributed by atoms with Crippen molar-refractivity contribution in [3.05, 3.63) is 53.6 Å². The smallest absolute Gasteiger partial charge is 0.235 e. The third-order valence-corrected chi connectivity index (χ3v) is 4.29. The van der Waals surface area contributed by atoms with Crippen LogP contribution in [0.5, 0.6) is 0 Å². The number of hydrogen-bond donors (Lipinski definition) is 1. The van der Waals surface area contributed by atoms with Crippen LogP contribution in [0.2, 0.25) is 0 Å². The van der Waals surface area contributed by atoms with Gasteiger partial charge >= 0.3 is 0 Å². The Hall–Kier alpha value is -3.03. The van der Waals surface area contributed by atoms with Gasteiger partial charge in [0.2, 0.25) is 17.7 Å². The first-order valence-corrected chi connectivity index (χ1v) is 7.88. The molecule has 7 nitrogen and oxygen atoms in total. The number of nitrogens with zero attached hydrogens (tertiary/aromatic N) is 3. The number of hydrogen-bond acceptors (Lipinski definition) is 6. The minimum atomic E-state index is -0.734. The van der Waals surface area contributed by atoms with Gasteiger partial charge in [0, 0.05) is 13.0 Å². The minimum Gasteiger partial charge on any atom is -0.424 e. The van der Waals surface area contributed by atoms with Crippen molar-refractivity contribution >= 4 is 5.91 Å². The number of aryl methyl sites for hydroxylation is 1. The molecule has 1 saturated carbocycles. The number of halogens is 1. The molecule has 1 fully saturated rings. The Bertz CT molecular complexity index is 929. The van der Waals surface area contributed by atoms with Crippen molar-refractivity contribution in [1.29, 1.82) is 0 Å². The fraction of sp³-hybridized carbons (Fsp3) is 0.294. The maximum Gasteiger partial charge on any atom is 0.235 e. The molecule has 3 aromatic rings. The molecule has 1 aromatic carbocycles. The second-order valence-corrected chi connectivity index (χ2v) is 6.04. The average molecular weight is 342 g/mol. The molecule has 2 aromatic heterocycles. The van der Waals surface area contributed by atoms with E-state index in [0.29, 0.717) is 41.6 Å². The van der Waals surface area contributed by atoms with Gasteiger partial charge in [-0.05, 0) is 25.0 Å². The summed E-state index contributed by atoms with van der Waals surface area (Å²) in [6, 6.07) is 7.90. The van der Waals surface area contributed by atoms with Gasteiger partial charge in [0.15, 0.2) is 5.76 Å². The molecule has 1 amide bonds. The van der Waals surface area contributed by atoms with E-state index < -0.39 is 11.2 Å². The molecule has 0 aliphatic heterocycles. The Morgan fingerprint density at radius 2 is 2.12 bits per heavy atom. The molecule has 128 valence electrons. The standard InChI is InChI=1S/C17H15FN4O3/c1-10-20-21-15(24-10)9-19-16(23)17(6-7-17)14-8-13(25-22-14)11-4-2-3-5-12(11)18/h2-5,8H,6-7,9H2,1H3,(H,19,23). The van der Waals surface area contributed by atoms with Crippen molar-refractivity contribution in [2.45, 2.75) is 31.7 Å². The second kappa shape index (κ2) is 5.80. The molecule has 0 saturated heterocycles. The van der Waals surface area contributed by atoms with E-state index in [2.05, 4.69) is 20.7 Å². The van der Waals surface area contributed by atoms with Crippen LogP contribution in [-0.2, 0) is 16.8 Å². The zero-order valence-electron chi connectivity index (χ0n) is 13.5. The number of carbonyl (C=O) groups is 1. The van der Waals surface area contributed by atoms with E-state index in [1.54, 1.807) is 31.2 Å². The molecule has 0 atom stereocenters. The number of aromatic nitrogens is 3. The van der Waals surface area contributed by atoms with Gasteiger partial charge in [-0.25, -0.2) is 4.39 Å². The van der Waals surface area contributed by atoms with Crippen LogP contribution in [0.15, 0.2) is 39.3 Å². The first-order valence-electron chi connectivity index (χ1n) is 7.88. The molecular formula is C17H15FN4O3. The van der Waals surface area contributed by atoms with E-state index in [-0.39, 0.29) is 12.5 Å². The van der Waals surface area contributed by atoms with Crippen LogP contribution in [0, 0.1) is 12.7 Å². The Balaban J connectivity index is 1.51. The maximum atomic E-state index is 13.9. The topological polar surface area (TPSA) is 94.1 Å². The summed E-state index contributed by atoms with van der Waals surface area (Å²) in [7, 11) is 0.